The summed E-state index contributed by atoms with van der Waals surface area (Å²) in [6, 6.07) is 18.2. The fourth-order valence-corrected chi connectivity index (χ4v) is 2.37. The molecule has 0 aliphatic carbocycles. The van der Waals surface area contributed by atoms with Gasteiger partial charge >= 0.3 is 0 Å². The minimum absolute atomic E-state index is 0.0180. The Labute approximate surface area is 124 Å². The second-order valence-electron chi connectivity index (χ2n) is 4.84. The molecule has 2 aromatic carbocycles. The Morgan fingerprint density at radius 1 is 1.10 bits per heavy atom. The first-order valence-electron chi connectivity index (χ1n) is 7.22. The molecular formula is C17H19N3O. The fourth-order valence-electron chi connectivity index (χ4n) is 2.37. The van der Waals surface area contributed by atoms with Gasteiger partial charge in [0.15, 0.2) is 0 Å². The number of nitrogens with one attached hydrogen (secondary N) is 2. The molecule has 21 heavy (non-hydrogen) atoms. The highest BCUT2D eigenvalue weighted by molar-refractivity contribution is 5.77. The van der Waals surface area contributed by atoms with E-state index < -0.39 is 0 Å². The molecule has 2 N–H and O–H groups in total. The topological polar surface area (TPSA) is 49.9 Å². The molecule has 1 heterocycles. The lowest BCUT2D eigenvalue weighted by Crippen LogP contribution is -2.16. The monoisotopic (exact) mass is 281 g/mol. The molecule has 0 aliphatic rings. The summed E-state index contributed by atoms with van der Waals surface area (Å²) in [6.45, 7) is 3.37. The van der Waals surface area contributed by atoms with E-state index in [1.807, 2.05) is 49.4 Å². The first kappa shape index (κ1) is 13.6. The smallest absolute Gasteiger partial charge is 0.201 e. The summed E-state index contributed by atoms with van der Waals surface area (Å²) in [6.07, 6.45) is 0.0180. The van der Waals surface area contributed by atoms with Crippen LogP contribution in [-0.4, -0.2) is 23.1 Å². The Bertz CT molecular complexity index is 660. The molecule has 0 radical (unpaired) electrons. The van der Waals surface area contributed by atoms with Gasteiger partial charge in [0.2, 0.25) is 5.95 Å². The lowest BCUT2D eigenvalue weighted by atomic mass is 10.1. The molecule has 3 rings (SSSR count). The molecule has 0 saturated heterocycles. The molecule has 0 amide bonds. The largest absolute Gasteiger partial charge is 0.372 e. The highest BCUT2D eigenvalue weighted by Gasteiger charge is 2.11. The fraction of sp³-hybridized carbons (Fsp3) is 0.235. The molecule has 1 unspecified atom stereocenters. The average molecular weight is 281 g/mol. The summed E-state index contributed by atoms with van der Waals surface area (Å²) < 4.78 is 5.82. The summed E-state index contributed by atoms with van der Waals surface area (Å²) in [5, 5.41) is 3.33. The molecule has 0 bridgehead atoms. The van der Waals surface area contributed by atoms with Gasteiger partial charge in [0.1, 0.15) is 0 Å². The molecule has 108 valence electrons. The standard InChI is InChI=1S/C17H19N3O/c1-2-21-16(13-8-4-3-5-9-13)12-18-17-19-14-10-6-7-11-15(14)20-17/h3-11,16H,2,12H2,1H3,(H2,18,19,20). The quantitative estimate of drug-likeness (QED) is 0.723. The summed E-state index contributed by atoms with van der Waals surface area (Å²) in [5.74, 6) is 0.775. The van der Waals surface area contributed by atoms with Crippen LogP contribution in [0, 0.1) is 0 Å². The van der Waals surface area contributed by atoms with E-state index in [4.69, 9.17) is 4.74 Å². The summed E-state index contributed by atoms with van der Waals surface area (Å²) in [5.41, 5.74) is 3.17. The minimum Gasteiger partial charge on any atom is -0.372 e. The van der Waals surface area contributed by atoms with Crippen molar-refractivity contribution < 1.29 is 4.74 Å². The molecule has 4 heteroatoms. The molecule has 0 saturated carbocycles. The number of anilines is 1. The van der Waals surface area contributed by atoms with Crippen LogP contribution in [0.25, 0.3) is 11.0 Å². The van der Waals surface area contributed by atoms with Crippen LogP contribution >= 0.6 is 0 Å². The second kappa shape index (κ2) is 6.41. The minimum atomic E-state index is 0.0180. The number of ether oxygens (including phenoxy) is 1. The van der Waals surface area contributed by atoms with Gasteiger partial charge in [0, 0.05) is 13.2 Å². The Balaban J connectivity index is 1.71. The summed E-state index contributed by atoms with van der Waals surface area (Å²) >= 11 is 0. The van der Waals surface area contributed by atoms with Crippen LogP contribution in [0.2, 0.25) is 0 Å². The van der Waals surface area contributed by atoms with Gasteiger partial charge < -0.3 is 15.0 Å². The molecule has 0 fully saturated rings. The Morgan fingerprint density at radius 2 is 1.86 bits per heavy atom. The highest BCUT2D eigenvalue weighted by Crippen LogP contribution is 2.19. The number of aromatic nitrogens is 2. The second-order valence-corrected chi connectivity index (χ2v) is 4.84. The third-order valence-corrected chi connectivity index (χ3v) is 3.38. The molecule has 3 aromatic rings. The zero-order valence-corrected chi connectivity index (χ0v) is 12.0. The van der Waals surface area contributed by atoms with Crippen molar-refractivity contribution in [1.29, 1.82) is 0 Å². The first-order chi connectivity index (χ1) is 10.4. The SMILES string of the molecule is CCOC(CNc1nc2ccccc2[nH]1)c1ccccc1. The van der Waals surface area contributed by atoms with E-state index in [0.717, 1.165) is 17.0 Å². The van der Waals surface area contributed by atoms with Crippen LogP contribution in [0.15, 0.2) is 54.6 Å². The van der Waals surface area contributed by atoms with Crippen LogP contribution in [0.5, 0.6) is 0 Å². The lowest BCUT2D eigenvalue weighted by molar-refractivity contribution is 0.0718. The van der Waals surface area contributed by atoms with E-state index in [9.17, 15) is 0 Å². The maximum absolute atomic E-state index is 5.82. The Morgan fingerprint density at radius 3 is 2.62 bits per heavy atom. The summed E-state index contributed by atoms with van der Waals surface area (Å²) in [7, 11) is 0. The van der Waals surface area contributed by atoms with E-state index in [2.05, 4.69) is 27.4 Å². The van der Waals surface area contributed by atoms with Gasteiger partial charge in [-0.15, -0.1) is 0 Å². The van der Waals surface area contributed by atoms with Crippen LogP contribution in [0.4, 0.5) is 5.95 Å². The van der Waals surface area contributed by atoms with Gasteiger partial charge in [-0.25, -0.2) is 4.98 Å². The van der Waals surface area contributed by atoms with Gasteiger partial charge in [-0.3, -0.25) is 0 Å². The lowest BCUT2D eigenvalue weighted by Gasteiger charge is -2.17. The van der Waals surface area contributed by atoms with Gasteiger partial charge in [-0.2, -0.15) is 0 Å². The van der Waals surface area contributed by atoms with Crippen LogP contribution in [0.3, 0.4) is 0 Å². The number of hydrogen-bond donors (Lipinski definition) is 2. The molecule has 1 aromatic heterocycles. The molecule has 4 nitrogen and oxygen atoms in total. The van der Waals surface area contributed by atoms with Crippen LogP contribution < -0.4 is 5.32 Å². The molecule has 0 spiro atoms. The third kappa shape index (κ3) is 3.23. The van der Waals surface area contributed by atoms with Gasteiger partial charge in [-0.05, 0) is 24.6 Å². The van der Waals surface area contributed by atoms with Crippen LogP contribution in [-0.2, 0) is 4.74 Å². The zero-order chi connectivity index (χ0) is 14.5. The van der Waals surface area contributed by atoms with Gasteiger partial charge in [-0.1, -0.05) is 42.5 Å². The van der Waals surface area contributed by atoms with E-state index >= 15 is 0 Å². The predicted octanol–water partition coefficient (Wildman–Crippen LogP) is 3.75. The number of para-hydroxylation sites is 2. The van der Waals surface area contributed by atoms with Crippen LogP contribution in [0.1, 0.15) is 18.6 Å². The molecular weight excluding hydrogens is 262 g/mol. The number of rotatable bonds is 6. The Hall–Kier alpha value is -2.33. The Kier molecular flexibility index (Phi) is 4.17. The van der Waals surface area contributed by atoms with Gasteiger partial charge in [0.05, 0.1) is 17.1 Å². The maximum atomic E-state index is 5.82. The van der Waals surface area contributed by atoms with E-state index in [1.54, 1.807) is 0 Å². The zero-order valence-electron chi connectivity index (χ0n) is 12.0. The van der Waals surface area contributed by atoms with Crippen molar-refractivity contribution in [2.45, 2.75) is 13.0 Å². The average Bonchev–Trinajstić information content (AvgIpc) is 2.95. The molecule has 1 atom stereocenters. The highest BCUT2D eigenvalue weighted by atomic mass is 16.5. The predicted molar refractivity (Wildman–Crippen MR) is 85.4 cm³/mol. The van der Waals surface area contributed by atoms with E-state index in [1.165, 1.54) is 5.56 Å². The number of benzene rings is 2. The number of fused-ring (bicyclic) bond motifs is 1. The van der Waals surface area contributed by atoms with Crippen molar-refractivity contribution in [2.75, 3.05) is 18.5 Å². The van der Waals surface area contributed by atoms with Crippen molar-refractivity contribution in [3.8, 4) is 0 Å². The number of hydrogen-bond acceptors (Lipinski definition) is 3. The third-order valence-electron chi connectivity index (χ3n) is 3.38. The van der Waals surface area contributed by atoms with E-state index in [-0.39, 0.29) is 6.10 Å². The van der Waals surface area contributed by atoms with Crippen molar-refractivity contribution in [1.82, 2.24) is 9.97 Å². The van der Waals surface area contributed by atoms with Crippen molar-refractivity contribution >= 4 is 17.0 Å². The number of imidazole rings is 1. The van der Waals surface area contributed by atoms with Crippen molar-refractivity contribution in [2.24, 2.45) is 0 Å². The van der Waals surface area contributed by atoms with E-state index in [0.29, 0.717) is 13.2 Å². The molecule has 0 aliphatic heterocycles. The number of nitrogens with zero attached hydrogens (tertiary/aromatic N) is 1. The van der Waals surface area contributed by atoms with Crippen molar-refractivity contribution in [3.05, 3.63) is 60.2 Å². The normalized spacial score (nSPS) is 12.4. The maximum Gasteiger partial charge on any atom is 0.201 e. The first-order valence-corrected chi connectivity index (χ1v) is 7.22. The number of aromatic amines is 1. The van der Waals surface area contributed by atoms with Gasteiger partial charge in [0.25, 0.3) is 0 Å². The summed E-state index contributed by atoms with van der Waals surface area (Å²) in [4.78, 5) is 7.78. The number of H-pyrrole nitrogens is 1. The van der Waals surface area contributed by atoms with Crippen molar-refractivity contribution in [3.63, 3.8) is 0 Å².